The van der Waals surface area contributed by atoms with E-state index in [1.165, 1.54) is 32.2 Å². The first kappa shape index (κ1) is 12.0. The second-order valence-electron chi connectivity index (χ2n) is 3.87. The minimum atomic E-state index is 0.889. The summed E-state index contributed by atoms with van der Waals surface area (Å²) in [6.07, 6.45) is 5.40. The molecule has 0 spiro atoms. The van der Waals surface area contributed by atoms with Gasteiger partial charge in [0.1, 0.15) is 0 Å². The molecule has 0 aliphatic carbocycles. The lowest BCUT2D eigenvalue weighted by molar-refractivity contribution is 0.306. The fraction of sp³-hybridized carbons (Fsp3) is 1.00. The van der Waals surface area contributed by atoms with Gasteiger partial charge >= 0.3 is 0 Å². The molecular weight excluding hydrogens is 146 g/mol. The number of hydrogen-bond donors (Lipinski definition) is 1. The molecule has 0 bridgehead atoms. The van der Waals surface area contributed by atoms with Crippen LogP contribution in [0.1, 0.15) is 46.5 Å². The lowest BCUT2D eigenvalue weighted by atomic mass is 9.87. The van der Waals surface area contributed by atoms with Crippen LogP contribution in [0.4, 0.5) is 0 Å². The lowest BCUT2D eigenvalue weighted by Gasteiger charge is -2.22. The highest BCUT2D eigenvalue weighted by Gasteiger charge is 2.14. The van der Waals surface area contributed by atoms with Crippen LogP contribution in [0.3, 0.4) is 0 Å². The highest BCUT2D eigenvalue weighted by atomic mass is 14.8. The Morgan fingerprint density at radius 2 is 1.67 bits per heavy atom. The van der Waals surface area contributed by atoms with Gasteiger partial charge in [-0.1, -0.05) is 40.0 Å². The smallest absolute Gasteiger partial charge is 0.00210 e. The molecular formula is C11H25N. The zero-order valence-electron chi connectivity index (χ0n) is 9.19. The molecule has 2 unspecified atom stereocenters. The summed E-state index contributed by atoms with van der Waals surface area (Å²) >= 11 is 0. The SMILES string of the molecule is CCCC(C)C(CCC)CNC. The predicted molar refractivity (Wildman–Crippen MR) is 56.4 cm³/mol. The second-order valence-corrected chi connectivity index (χ2v) is 3.87. The van der Waals surface area contributed by atoms with Gasteiger partial charge in [-0.05, 0) is 31.8 Å². The Morgan fingerprint density at radius 1 is 1.08 bits per heavy atom. The average Bonchev–Trinajstić information content (AvgIpc) is 2.04. The topological polar surface area (TPSA) is 12.0 Å². The fourth-order valence-corrected chi connectivity index (χ4v) is 1.91. The minimum absolute atomic E-state index is 0.889. The zero-order valence-corrected chi connectivity index (χ0v) is 9.19. The molecule has 0 aliphatic rings. The molecule has 0 aromatic carbocycles. The molecule has 74 valence electrons. The van der Waals surface area contributed by atoms with Crippen LogP contribution in [-0.2, 0) is 0 Å². The molecule has 0 aromatic rings. The Hall–Kier alpha value is -0.0400. The fourth-order valence-electron chi connectivity index (χ4n) is 1.91. The van der Waals surface area contributed by atoms with Gasteiger partial charge in [0, 0.05) is 0 Å². The number of nitrogens with one attached hydrogen (secondary N) is 1. The first-order chi connectivity index (χ1) is 5.76. The minimum Gasteiger partial charge on any atom is -0.319 e. The van der Waals surface area contributed by atoms with Gasteiger partial charge < -0.3 is 5.32 Å². The van der Waals surface area contributed by atoms with E-state index >= 15 is 0 Å². The molecule has 1 heteroatoms. The Balaban J connectivity index is 3.72. The second kappa shape index (κ2) is 7.60. The number of rotatable bonds is 7. The van der Waals surface area contributed by atoms with E-state index in [-0.39, 0.29) is 0 Å². The molecule has 0 aromatic heterocycles. The average molecular weight is 171 g/mol. The Labute approximate surface area is 77.9 Å². The van der Waals surface area contributed by atoms with Crippen LogP contribution in [-0.4, -0.2) is 13.6 Å². The maximum absolute atomic E-state index is 3.29. The van der Waals surface area contributed by atoms with Crippen molar-refractivity contribution < 1.29 is 0 Å². The van der Waals surface area contributed by atoms with Crippen molar-refractivity contribution >= 4 is 0 Å². The lowest BCUT2D eigenvalue weighted by Crippen LogP contribution is -2.24. The zero-order chi connectivity index (χ0) is 9.40. The summed E-state index contributed by atoms with van der Waals surface area (Å²) in [5.74, 6) is 1.78. The van der Waals surface area contributed by atoms with E-state index < -0.39 is 0 Å². The van der Waals surface area contributed by atoms with Gasteiger partial charge in [-0.25, -0.2) is 0 Å². The molecule has 0 aliphatic heterocycles. The largest absolute Gasteiger partial charge is 0.319 e. The summed E-state index contributed by atoms with van der Waals surface area (Å²) in [4.78, 5) is 0. The van der Waals surface area contributed by atoms with Crippen LogP contribution >= 0.6 is 0 Å². The van der Waals surface area contributed by atoms with Crippen LogP contribution < -0.4 is 5.32 Å². The standard InChI is InChI=1S/C11H25N/c1-5-7-10(3)11(8-6-2)9-12-4/h10-12H,5-9H2,1-4H3. The van der Waals surface area contributed by atoms with Gasteiger partial charge in [0.05, 0.1) is 0 Å². The van der Waals surface area contributed by atoms with E-state index in [0.717, 1.165) is 11.8 Å². The monoisotopic (exact) mass is 171 g/mol. The van der Waals surface area contributed by atoms with Crippen molar-refractivity contribution in [3.05, 3.63) is 0 Å². The van der Waals surface area contributed by atoms with Gasteiger partial charge in [0.25, 0.3) is 0 Å². The van der Waals surface area contributed by atoms with Gasteiger partial charge in [-0.3, -0.25) is 0 Å². The van der Waals surface area contributed by atoms with Crippen LogP contribution in [0.25, 0.3) is 0 Å². The summed E-state index contributed by atoms with van der Waals surface area (Å²) in [5, 5.41) is 3.29. The molecule has 0 rings (SSSR count). The maximum atomic E-state index is 3.29. The summed E-state index contributed by atoms with van der Waals surface area (Å²) in [6.45, 7) is 8.14. The van der Waals surface area contributed by atoms with Gasteiger partial charge in [-0.15, -0.1) is 0 Å². The third kappa shape index (κ3) is 4.76. The summed E-state index contributed by atoms with van der Waals surface area (Å²) in [6, 6.07) is 0. The third-order valence-corrected chi connectivity index (χ3v) is 2.67. The van der Waals surface area contributed by atoms with Crippen LogP contribution in [0.5, 0.6) is 0 Å². The highest BCUT2D eigenvalue weighted by Crippen LogP contribution is 2.20. The Bertz CT molecular complexity index is 85.0. The maximum Gasteiger partial charge on any atom is -0.00210 e. The Kier molecular flexibility index (Phi) is 7.58. The van der Waals surface area contributed by atoms with Crippen molar-refractivity contribution in [2.24, 2.45) is 11.8 Å². The van der Waals surface area contributed by atoms with Crippen molar-refractivity contribution in [3.8, 4) is 0 Å². The van der Waals surface area contributed by atoms with Crippen molar-refractivity contribution in [2.75, 3.05) is 13.6 Å². The first-order valence-electron chi connectivity index (χ1n) is 5.40. The molecule has 0 amide bonds. The van der Waals surface area contributed by atoms with Gasteiger partial charge in [-0.2, -0.15) is 0 Å². The number of hydrogen-bond acceptors (Lipinski definition) is 1. The van der Waals surface area contributed by atoms with Gasteiger partial charge in [0.2, 0.25) is 0 Å². The van der Waals surface area contributed by atoms with Crippen LogP contribution in [0.2, 0.25) is 0 Å². The molecule has 1 nitrogen and oxygen atoms in total. The normalized spacial score (nSPS) is 16.0. The quantitative estimate of drug-likeness (QED) is 0.621. The molecule has 0 fully saturated rings. The van der Waals surface area contributed by atoms with Crippen LogP contribution in [0.15, 0.2) is 0 Å². The predicted octanol–water partition coefficient (Wildman–Crippen LogP) is 3.06. The molecule has 0 saturated heterocycles. The van der Waals surface area contributed by atoms with E-state index in [4.69, 9.17) is 0 Å². The Morgan fingerprint density at radius 3 is 2.08 bits per heavy atom. The first-order valence-corrected chi connectivity index (χ1v) is 5.40. The molecule has 1 N–H and O–H groups in total. The molecule has 0 saturated carbocycles. The van der Waals surface area contributed by atoms with Crippen LogP contribution in [0, 0.1) is 11.8 Å². The third-order valence-electron chi connectivity index (χ3n) is 2.67. The van der Waals surface area contributed by atoms with Crippen molar-refractivity contribution in [1.29, 1.82) is 0 Å². The summed E-state index contributed by atoms with van der Waals surface area (Å²) in [7, 11) is 2.06. The van der Waals surface area contributed by atoms with Crippen molar-refractivity contribution in [1.82, 2.24) is 5.32 Å². The van der Waals surface area contributed by atoms with E-state index in [2.05, 4.69) is 33.1 Å². The molecule has 0 radical (unpaired) electrons. The molecule has 2 atom stereocenters. The van der Waals surface area contributed by atoms with E-state index in [0.29, 0.717) is 0 Å². The van der Waals surface area contributed by atoms with Gasteiger partial charge in [0.15, 0.2) is 0 Å². The highest BCUT2D eigenvalue weighted by molar-refractivity contribution is 4.67. The van der Waals surface area contributed by atoms with Crippen molar-refractivity contribution in [3.63, 3.8) is 0 Å². The van der Waals surface area contributed by atoms with E-state index in [1.54, 1.807) is 0 Å². The van der Waals surface area contributed by atoms with E-state index in [9.17, 15) is 0 Å². The summed E-state index contributed by atoms with van der Waals surface area (Å²) in [5.41, 5.74) is 0. The van der Waals surface area contributed by atoms with E-state index in [1.807, 2.05) is 0 Å². The summed E-state index contributed by atoms with van der Waals surface area (Å²) < 4.78 is 0. The van der Waals surface area contributed by atoms with Crippen molar-refractivity contribution in [2.45, 2.75) is 46.5 Å². The molecule has 0 heterocycles. The molecule has 12 heavy (non-hydrogen) atoms.